The Bertz CT molecular complexity index is 1160. The van der Waals surface area contributed by atoms with Gasteiger partial charge in [-0.3, -0.25) is 9.78 Å². The summed E-state index contributed by atoms with van der Waals surface area (Å²) >= 11 is 6.25. The van der Waals surface area contributed by atoms with Gasteiger partial charge in [0.1, 0.15) is 17.0 Å². The van der Waals surface area contributed by atoms with Crippen molar-refractivity contribution in [3.8, 4) is 22.5 Å². The summed E-state index contributed by atoms with van der Waals surface area (Å²) in [6.07, 6.45) is 3.06. The fraction of sp³-hybridized carbons (Fsp3) is 0. The van der Waals surface area contributed by atoms with E-state index >= 15 is 0 Å². The molecule has 0 spiro atoms. The number of aromatic amines is 1. The molecule has 1 aromatic carbocycles. The highest BCUT2D eigenvalue weighted by atomic mass is 35.5. The largest absolute Gasteiger partial charge is 0.305 e. The van der Waals surface area contributed by atoms with Crippen molar-refractivity contribution < 1.29 is 4.39 Å². The van der Waals surface area contributed by atoms with E-state index in [-0.39, 0.29) is 16.8 Å². The highest BCUT2D eigenvalue weighted by Crippen LogP contribution is 2.34. The van der Waals surface area contributed by atoms with Crippen molar-refractivity contribution in [1.29, 1.82) is 0 Å². The summed E-state index contributed by atoms with van der Waals surface area (Å²) in [6.45, 7) is 0. The van der Waals surface area contributed by atoms with Crippen LogP contribution in [0.2, 0.25) is 5.02 Å². The van der Waals surface area contributed by atoms with Crippen LogP contribution >= 0.6 is 11.6 Å². The third-order valence-corrected chi connectivity index (χ3v) is 4.01. The van der Waals surface area contributed by atoms with Crippen molar-refractivity contribution in [2.24, 2.45) is 0 Å². The van der Waals surface area contributed by atoms with E-state index < -0.39 is 5.82 Å². The number of rotatable bonds is 2. The quantitative estimate of drug-likeness (QED) is 0.595. The zero-order chi connectivity index (χ0) is 17.4. The van der Waals surface area contributed by atoms with E-state index in [2.05, 4.69) is 19.9 Å². The normalized spacial score (nSPS) is 11.0. The molecule has 0 atom stereocenters. The Hall–Kier alpha value is -3.12. The SMILES string of the molecule is O=c1ccc2nc(-c3ccncc3Cl)c(-c3ccccc3F)nc2[nH]1. The van der Waals surface area contributed by atoms with Crippen molar-refractivity contribution >= 4 is 22.8 Å². The van der Waals surface area contributed by atoms with Crippen LogP contribution in [0.15, 0.2) is 59.7 Å². The Balaban J connectivity index is 2.11. The minimum absolute atomic E-state index is 0.268. The molecule has 4 rings (SSSR count). The number of pyridine rings is 2. The Morgan fingerprint density at radius 3 is 2.56 bits per heavy atom. The first-order chi connectivity index (χ1) is 12.1. The van der Waals surface area contributed by atoms with Crippen LogP contribution in [0.4, 0.5) is 4.39 Å². The van der Waals surface area contributed by atoms with Crippen LogP contribution in [0, 0.1) is 5.82 Å². The highest BCUT2D eigenvalue weighted by molar-refractivity contribution is 6.33. The van der Waals surface area contributed by atoms with Gasteiger partial charge in [0.05, 0.1) is 10.7 Å². The van der Waals surface area contributed by atoms with E-state index in [0.717, 1.165) is 0 Å². The van der Waals surface area contributed by atoms with Crippen LogP contribution in [0.25, 0.3) is 33.7 Å². The lowest BCUT2D eigenvalue weighted by Gasteiger charge is -2.11. The molecule has 4 aromatic rings. The second kappa shape index (κ2) is 6.07. The standard InChI is InChI=1S/C18H10ClFN4O/c19-12-9-21-8-7-10(12)16-17(11-3-1-2-4-13(11)20)24-18-14(22-16)5-6-15(25)23-18/h1-9H,(H,23,24,25). The van der Waals surface area contributed by atoms with Gasteiger partial charge in [0, 0.05) is 29.6 Å². The van der Waals surface area contributed by atoms with Crippen LogP contribution in [-0.2, 0) is 0 Å². The lowest BCUT2D eigenvalue weighted by Crippen LogP contribution is -2.06. The smallest absolute Gasteiger partial charge is 0.249 e. The molecule has 3 heterocycles. The average molecular weight is 353 g/mol. The van der Waals surface area contributed by atoms with E-state index in [1.54, 1.807) is 36.5 Å². The number of fused-ring (bicyclic) bond motifs is 1. The van der Waals surface area contributed by atoms with Crippen molar-refractivity contribution in [3.05, 3.63) is 76.1 Å². The van der Waals surface area contributed by atoms with E-state index in [4.69, 9.17) is 11.6 Å². The second-order valence-electron chi connectivity index (χ2n) is 5.31. The van der Waals surface area contributed by atoms with Crippen LogP contribution in [0.1, 0.15) is 0 Å². The monoisotopic (exact) mass is 352 g/mol. The van der Waals surface area contributed by atoms with E-state index in [0.29, 0.717) is 27.5 Å². The predicted octanol–water partition coefficient (Wildman–Crippen LogP) is 3.84. The molecule has 1 N–H and O–H groups in total. The molecule has 25 heavy (non-hydrogen) atoms. The number of halogens is 2. The van der Waals surface area contributed by atoms with Crippen LogP contribution in [0.5, 0.6) is 0 Å². The van der Waals surface area contributed by atoms with Crippen LogP contribution < -0.4 is 5.56 Å². The Morgan fingerprint density at radius 1 is 0.960 bits per heavy atom. The Labute approximate surface area is 146 Å². The maximum atomic E-state index is 14.4. The third kappa shape index (κ3) is 2.77. The fourth-order valence-electron chi connectivity index (χ4n) is 2.57. The first kappa shape index (κ1) is 15.4. The summed E-state index contributed by atoms with van der Waals surface area (Å²) in [4.78, 5) is 27.2. The van der Waals surface area contributed by atoms with E-state index in [9.17, 15) is 9.18 Å². The van der Waals surface area contributed by atoms with Crippen molar-refractivity contribution in [1.82, 2.24) is 19.9 Å². The topological polar surface area (TPSA) is 71.5 Å². The van der Waals surface area contributed by atoms with Gasteiger partial charge in [-0.15, -0.1) is 0 Å². The van der Waals surface area contributed by atoms with Gasteiger partial charge in [-0.25, -0.2) is 14.4 Å². The number of aromatic nitrogens is 4. The zero-order valence-corrected chi connectivity index (χ0v) is 13.5. The first-order valence-corrected chi connectivity index (χ1v) is 7.77. The molecule has 0 bridgehead atoms. The van der Waals surface area contributed by atoms with Gasteiger partial charge in [0.25, 0.3) is 0 Å². The van der Waals surface area contributed by atoms with Crippen molar-refractivity contribution in [3.63, 3.8) is 0 Å². The molecule has 0 aliphatic carbocycles. The van der Waals surface area contributed by atoms with Crippen molar-refractivity contribution in [2.75, 3.05) is 0 Å². The van der Waals surface area contributed by atoms with Gasteiger partial charge in [-0.05, 0) is 24.3 Å². The number of H-pyrrole nitrogens is 1. The highest BCUT2D eigenvalue weighted by Gasteiger charge is 2.18. The first-order valence-electron chi connectivity index (χ1n) is 7.39. The molecular formula is C18H10ClFN4O. The fourth-order valence-corrected chi connectivity index (χ4v) is 2.77. The van der Waals surface area contributed by atoms with Gasteiger partial charge < -0.3 is 4.98 Å². The zero-order valence-electron chi connectivity index (χ0n) is 12.7. The Morgan fingerprint density at radius 2 is 1.76 bits per heavy atom. The molecule has 7 heteroatoms. The number of benzene rings is 1. The third-order valence-electron chi connectivity index (χ3n) is 3.71. The van der Waals surface area contributed by atoms with E-state index in [1.807, 2.05) is 0 Å². The second-order valence-corrected chi connectivity index (χ2v) is 5.72. The molecule has 122 valence electrons. The Kier molecular flexibility index (Phi) is 3.74. The number of hydrogen-bond acceptors (Lipinski definition) is 4. The molecule has 0 fully saturated rings. The lowest BCUT2D eigenvalue weighted by atomic mass is 10.0. The molecule has 0 aliphatic heterocycles. The maximum Gasteiger partial charge on any atom is 0.249 e. The summed E-state index contributed by atoms with van der Waals surface area (Å²) in [5.41, 5.74) is 2.00. The minimum Gasteiger partial charge on any atom is -0.305 e. The van der Waals surface area contributed by atoms with Crippen LogP contribution in [0.3, 0.4) is 0 Å². The molecule has 0 unspecified atom stereocenters. The average Bonchev–Trinajstić information content (AvgIpc) is 2.62. The summed E-state index contributed by atoms with van der Waals surface area (Å²) < 4.78 is 14.4. The molecular weight excluding hydrogens is 343 g/mol. The summed E-state index contributed by atoms with van der Waals surface area (Å²) in [5.74, 6) is -0.444. The molecule has 0 saturated carbocycles. The summed E-state index contributed by atoms with van der Waals surface area (Å²) in [7, 11) is 0. The molecule has 0 amide bonds. The molecule has 0 aliphatic rings. The lowest BCUT2D eigenvalue weighted by molar-refractivity contribution is 0.631. The summed E-state index contributed by atoms with van der Waals surface area (Å²) in [5, 5.41) is 0.373. The van der Waals surface area contributed by atoms with Gasteiger partial charge >= 0.3 is 0 Å². The molecule has 5 nitrogen and oxygen atoms in total. The van der Waals surface area contributed by atoms with E-state index in [1.165, 1.54) is 18.3 Å². The van der Waals surface area contributed by atoms with Gasteiger partial charge in [0.15, 0.2) is 5.65 Å². The van der Waals surface area contributed by atoms with Gasteiger partial charge in [-0.1, -0.05) is 23.7 Å². The number of nitrogens with zero attached hydrogens (tertiary/aromatic N) is 3. The van der Waals surface area contributed by atoms with Crippen molar-refractivity contribution in [2.45, 2.75) is 0 Å². The predicted molar refractivity (Wildman–Crippen MR) is 93.8 cm³/mol. The minimum atomic E-state index is -0.444. The van der Waals surface area contributed by atoms with Crippen LogP contribution in [-0.4, -0.2) is 19.9 Å². The maximum absolute atomic E-state index is 14.4. The number of nitrogens with one attached hydrogen (secondary N) is 1. The van der Waals surface area contributed by atoms with Gasteiger partial charge in [0.2, 0.25) is 5.56 Å². The van der Waals surface area contributed by atoms with Gasteiger partial charge in [-0.2, -0.15) is 0 Å². The molecule has 3 aromatic heterocycles. The summed E-state index contributed by atoms with van der Waals surface area (Å²) in [6, 6.07) is 10.8. The molecule has 0 saturated heterocycles. The number of hydrogen-bond donors (Lipinski definition) is 1. The molecule has 0 radical (unpaired) electrons.